The Balaban J connectivity index is 1.01. The Hall–Kier alpha value is -0.910. The van der Waals surface area contributed by atoms with Crippen LogP contribution in [0.2, 0.25) is 0 Å². The van der Waals surface area contributed by atoms with Gasteiger partial charge in [0, 0.05) is 24.2 Å². The number of aliphatic hydroxyl groups is 3. The van der Waals surface area contributed by atoms with Gasteiger partial charge in [0.1, 0.15) is 12.2 Å². The number of aliphatic hydroxyl groups excluding tert-OH is 2. The van der Waals surface area contributed by atoms with Gasteiger partial charge in [-0.05, 0) is 87.5 Å². The van der Waals surface area contributed by atoms with Gasteiger partial charge in [-0.15, -0.1) is 0 Å². The van der Waals surface area contributed by atoms with Crippen molar-refractivity contribution in [2.75, 3.05) is 6.61 Å². The molecule has 9 nitrogen and oxygen atoms in total. The molecule has 3 heterocycles. The standard InChI is InChI=1S/C31H42O9/c1-13(2)24(33)26-23(22-12-36-30(38-22)4-3-14-10-29(35)11-17(30)9-20(14)29)25(34)27-28(37-26)40-31(39-27)16-7-18(32)5-15-6-21(31)19(15)8-16/h14-23,25-28,32,34-35H,1,3-12H2,2H3/t14?,15?,16?,17?,18?,19?,20?,21?,22?,23-,25+,26?,27-,28-,29?,30?,31?/m1/s1. The molecule has 0 radical (unpaired) electrons. The van der Waals surface area contributed by atoms with Crippen LogP contribution in [0.15, 0.2) is 12.2 Å². The summed E-state index contributed by atoms with van der Waals surface area (Å²) >= 11 is 0. The second-order valence-corrected chi connectivity index (χ2v) is 15.0. The lowest BCUT2D eigenvalue weighted by Crippen LogP contribution is -2.60. The molecular weight excluding hydrogens is 516 g/mol. The average molecular weight is 559 g/mol. The molecule has 0 amide bonds. The first-order chi connectivity index (χ1) is 19.1. The molecule has 17 atom stereocenters. The summed E-state index contributed by atoms with van der Waals surface area (Å²) in [4.78, 5) is 13.5. The first kappa shape index (κ1) is 25.6. The minimum atomic E-state index is -1.06. The maximum absolute atomic E-state index is 13.5. The largest absolute Gasteiger partial charge is 0.393 e. The second kappa shape index (κ2) is 8.17. The third-order valence-corrected chi connectivity index (χ3v) is 13.2. The number of ketones is 1. The number of rotatable bonds is 3. The van der Waals surface area contributed by atoms with Crippen LogP contribution in [-0.4, -0.2) is 81.7 Å². The number of hydrogen-bond donors (Lipinski definition) is 3. The van der Waals surface area contributed by atoms with E-state index in [4.69, 9.17) is 23.7 Å². The highest BCUT2D eigenvalue weighted by Crippen LogP contribution is 2.68. The van der Waals surface area contributed by atoms with Crippen LogP contribution in [0.3, 0.4) is 0 Å². The van der Waals surface area contributed by atoms with E-state index in [0.29, 0.717) is 42.1 Å². The van der Waals surface area contributed by atoms with Crippen molar-refractivity contribution < 1.29 is 43.8 Å². The van der Waals surface area contributed by atoms with Crippen LogP contribution in [0.4, 0.5) is 0 Å². The van der Waals surface area contributed by atoms with Crippen LogP contribution in [0.1, 0.15) is 64.7 Å². The third-order valence-electron chi connectivity index (χ3n) is 13.2. The molecule has 13 unspecified atom stereocenters. The van der Waals surface area contributed by atoms with Gasteiger partial charge in [-0.1, -0.05) is 6.58 Å². The molecule has 9 aliphatic rings. The van der Waals surface area contributed by atoms with Crippen molar-refractivity contribution in [3.05, 3.63) is 12.2 Å². The van der Waals surface area contributed by atoms with Gasteiger partial charge in [-0.2, -0.15) is 0 Å². The zero-order valence-corrected chi connectivity index (χ0v) is 23.2. The van der Waals surface area contributed by atoms with Crippen LogP contribution in [0, 0.1) is 47.3 Å². The normalized spacial score (nSPS) is 62.5. The molecule has 3 aliphatic heterocycles. The average Bonchev–Trinajstić information content (AvgIpc) is 3.57. The van der Waals surface area contributed by atoms with Gasteiger partial charge in [0.2, 0.25) is 0 Å². The van der Waals surface area contributed by atoms with Crippen LogP contribution < -0.4 is 0 Å². The predicted octanol–water partition coefficient (Wildman–Crippen LogP) is 2.05. The summed E-state index contributed by atoms with van der Waals surface area (Å²) in [6, 6.07) is 0. The number of Topliss-reactive ketones (excluding diaryl/α,β-unsaturated/α-hetero) is 1. The Labute approximate surface area is 234 Å². The maximum Gasteiger partial charge on any atom is 0.190 e. The molecule has 3 saturated heterocycles. The van der Waals surface area contributed by atoms with Crippen molar-refractivity contribution in [2.45, 2.75) is 119 Å². The zero-order chi connectivity index (χ0) is 27.3. The van der Waals surface area contributed by atoms with Crippen molar-refractivity contribution in [2.24, 2.45) is 47.3 Å². The van der Waals surface area contributed by atoms with E-state index in [1.54, 1.807) is 6.92 Å². The van der Waals surface area contributed by atoms with Crippen LogP contribution in [0.25, 0.3) is 0 Å². The summed E-state index contributed by atoms with van der Waals surface area (Å²) < 4.78 is 33.1. The fourth-order valence-corrected chi connectivity index (χ4v) is 11.3. The summed E-state index contributed by atoms with van der Waals surface area (Å²) in [5, 5.41) is 33.7. The van der Waals surface area contributed by atoms with Crippen molar-refractivity contribution >= 4 is 5.78 Å². The van der Waals surface area contributed by atoms with Gasteiger partial charge >= 0.3 is 0 Å². The van der Waals surface area contributed by atoms with E-state index in [-0.39, 0.29) is 36.2 Å². The summed E-state index contributed by atoms with van der Waals surface area (Å²) in [6.07, 6.45) is 2.93. The minimum absolute atomic E-state index is 0.0352. The summed E-state index contributed by atoms with van der Waals surface area (Å²) in [7, 11) is 0. The smallest absolute Gasteiger partial charge is 0.190 e. The van der Waals surface area contributed by atoms with E-state index in [1.807, 2.05) is 0 Å². The van der Waals surface area contributed by atoms with Gasteiger partial charge in [0.15, 0.2) is 23.6 Å². The molecule has 3 N–H and O–H groups in total. The lowest BCUT2D eigenvalue weighted by atomic mass is 9.61. The van der Waals surface area contributed by atoms with Gasteiger partial charge in [-0.3, -0.25) is 4.79 Å². The lowest BCUT2D eigenvalue weighted by Gasteiger charge is -2.49. The molecule has 4 bridgehead atoms. The summed E-state index contributed by atoms with van der Waals surface area (Å²) in [5.41, 5.74) is -0.237. The molecule has 0 aromatic carbocycles. The van der Waals surface area contributed by atoms with E-state index in [1.165, 1.54) is 0 Å². The van der Waals surface area contributed by atoms with Crippen molar-refractivity contribution in [1.82, 2.24) is 0 Å². The topological polar surface area (TPSA) is 124 Å². The maximum atomic E-state index is 13.5. The highest BCUT2D eigenvalue weighted by atomic mass is 16.8. The summed E-state index contributed by atoms with van der Waals surface area (Å²) in [6.45, 7) is 5.81. The SMILES string of the molecule is C=C(C)C(=O)C1O[C@@H]2OC3(O[C@@H]2[C@@H](O)[C@H]1C1COC2(CCC4CC5(O)CC2CC45)O1)C1CC(O)CC2CC3C2C1. The molecule has 2 spiro atoms. The number of ether oxygens (including phenoxy) is 5. The van der Waals surface area contributed by atoms with E-state index in [2.05, 4.69) is 6.58 Å². The molecule has 6 saturated carbocycles. The van der Waals surface area contributed by atoms with Gasteiger partial charge in [0.05, 0.1) is 36.4 Å². The Kier molecular flexibility index (Phi) is 5.22. The van der Waals surface area contributed by atoms with Crippen LogP contribution in [0.5, 0.6) is 0 Å². The number of fused-ring (bicyclic) bond motifs is 6. The molecule has 40 heavy (non-hydrogen) atoms. The van der Waals surface area contributed by atoms with Gasteiger partial charge < -0.3 is 39.0 Å². The highest BCUT2D eigenvalue weighted by Gasteiger charge is 2.73. The molecule has 6 aliphatic carbocycles. The molecule has 9 fully saturated rings. The van der Waals surface area contributed by atoms with Crippen molar-refractivity contribution in [3.8, 4) is 0 Å². The predicted molar refractivity (Wildman–Crippen MR) is 137 cm³/mol. The van der Waals surface area contributed by atoms with E-state index >= 15 is 0 Å². The quantitative estimate of drug-likeness (QED) is 0.447. The number of carbonyl (C=O) groups is 1. The number of hydrogen-bond acceptors (Lipinski definition) is 9. The monoisotopic (exact) mass is 558 g/mol. The van der Waals surface area contributed by atoms with Gasteiger partial charge in [0.25, 0.3) is 0 Å². The van der Waals surface area contributed by atoms with E-state index in [0.717, 1.165) is 44.9 Å². The Morgan fingerprint density at radius 2 is 1.80 bits per heavy atom. The fourth-order valence-electron chi connectivity index (χ4n) is 11.3. The Morgan fingerprint density at radius 1 is 0.950 bits per heavy atom. The lowest BCUT2D eigenvalue weighted by molar-refractivity contribution is -0.281. The molecule has 0 aromatic rings. The molecule has 220 valence electrons. The first-order valence-electron chi connectivity index (χ1n) is 15.7. The third kappa shape index (κ3) is 3.14. The highest BCUT2D eigenvalue weighted by molar-refractivity contribution is 5.98. The van der Waals surface area contributed by atoms with Crippen LogP contribution >= 0.6 is 0 Å². The summed E-state index contributed by atoms with van der Waals surface area (Å²) in [5.74, 6) is -0.523. The van der Waals surface area contributed by atoms with Crippen molar-refractivity contribution in [3.63, 3.8) is 0 Å². The molecule has 9 heteroatoms. The zero-order valence-electron chi connectivity index (χ0n) is 23.2. The van der Waals surface area contributed by atoms with E-state index in [9.17, 15) is 20.1 Å². The van der Waals surface area contributed by atoms with Crippen LogP contribution in [-0.2, 0) is 28.5 Å². The second-order valence-electron chi connectivity index (χ2n) is 15.0. The molecule has 9 rings (SSSR count). The van der Waals surface area contributed by atoms with E-state index < -0.39 is 53.8 Å². The Morgan fingerprint density at radius 3 is 2.62 bits per heavy atom. The van der Waals surface area contributed by atoms with Crippen molar-refractivity contribution in [1.29, 1.82) is 0 Å². The Bertz CT molecular complexity index is 1140. The molecule has 0 aromatic heterocycles. The fraction of sp³-hybridized carbons (Fsp3) is 0.903. The number of carbonyl (C=O) groups excluding carboxylic acids is 1. The minimum Gasteiger partial charge on any atom is -0.393 e. The first-order valence-corrected chi connectivity index (χ1v) is 15.7. The van der Waals surface area contributed by atoms with Gasteiger partial charge in [-0.25, -0.2) is 0 Å². The molecular formula is C31H42O9.